The summed E-state index contributed by atoms with van der Waals surface area (Å²) in [6, 6.07) is 39.1. The molecular formula is C34H35ClN2O. The van der Waals surface area contributed by atoms with Crippen LogP contribution in [-0.4, -0.2) is 41.9 Å². The van der Waals surface area contributed by atoms with Gasteiger partial charge in [0, 0.05) is 38.5 Å². The Labute approximate surface area is 232 Å². The summed E-state index contributed by atoms with van der Waals surface area (Å²) in [5.41, 5.74) is 8.17. The lowest BCUT2D eigenvalue weighted by molar-refractivity contribution is -0.133. The van der Waals surface area contributed by atoms with Crippen molar-refractivity contribution in [2.75, 3.05) is 26.2 Å². The number of rotatable bonds is 5. The predicted octanol–water partition coefficient (Wildman–Crippen LogP) is 6.66. The zero-order valence-corrected chi connectivity index (χ0v) is 22.5. The van der Waals surface area contributed by atoms with Crippen molar-refractivity contribution >= 4 is 18.3 Å². The first-order valence-corrected chi connectivity index (χ1v) is 13.6. The van der Waals surface area contributed by atoms with E-state index in [0.29, 0.717) is 6.42 Å². The van der Waals surface area contributed by atoms with Gasteiger partial charge < -0.3 is 4.90 Å². The molecule has 0 saturated carbocycles. The molecule has 4 heteroatoms. The van der Waals surface area contributed by atoms with Gasteiger partial charge >= 0.3 is 0 Å². The van der Waals surface area contributed by atoms with E-state index in [2.05, 4.69) is 107 Å². The molecule has 0 radical (unpaired) electrons. The van der Waals surface area contributed by atoms with Gasteiger partial charge in [-0.05, 0) is 46.2 Å². The summed E-state index contributed by atoms with van der Waals surface area (Å²) in [7, 11) is 0. The standard InChI is InChI=1S/C34H34N2O.ClH/c37-33(25-32(26-11-3-1-4-12-26)27-13-5-2-6-14-27)35-21-23-36(24-22-35)34-30-17-9-7-15-28(30)19-20-29-16-8-10-18-31(29)34;/h1-18,32,34H,19-25H2;1H. The maximum Gasteiger partial charge on any atom is 0.223 e. The lowest BCUT2D eigenvalue weighted by Crippen LogP contribution is -2.50. The predicted molar refractivity (Wildman–Crippen MR) is 157 cm³/mol. The van der Waals surface area contributed by atoms with E-state index >= 15 is 0 Å². The Morgan fingerprint density at radius 3 is 1.58 bits per heavy atom. The molecule has 1 saturated heterocycles. The van der Waals surface area contributed by atoms with E-state index < -0.39 is 0 Å². The third-order valence-electron chi connectivity index (χ3n) is 8.18. The van der Waals surface area contributed by atoms with Gasteiger partial charge in [0.15, 0.2) is 0 Å². The number of benzene rings is 4. The number of fused-ring (bicyclic) bond motifs is 2. The van der Waals surface area contributed by atoms with Crippen LogP contribution in [0.15, 0.2) is 109 Å². The van der Waals surface area contributed by atoms with Crippen LogP contribution in [0.25, 0.3) is 0 Å². The average Bonchev–Trinajstić information content (AvgIpc) is 3.14. The molecule has 0 atom stereocenters. The molecule has 194 valence electrons. The van der Waals surface area contributed by atoms with Gasteiger partial charge in [-0.15, -0.1) is 12.4 Å². The topological polar surface area (TPSA) is 23.6 Å². The fraction of sp³-hybridized carbons (Fsp3) is 0.265. The molecule has 1 amide bonds. The highest BCUT2D eigenvalue weighted by atomic mass is 35.5. The molecule has 3 nitrogen and oxygen atoms in total. The summed E-state index contributed by atoms with van der Waals surface area (Å²) in [6.07, 6.45) is 2.67. The second-order valence-electron chi connectivity index (χ2n) is 10.3. The molecule has 4 aromatic rings. The van der Waals surface area contributed by atoms with Gasteiger partial charge in [0.2, 0.25) is 5.91 Å². The molecule has 1 heterocycles. The molecule has 1 fully saturated rings. The van der Waals surface area contributed by atoms with E-state index in [1.807, 2.05) is 12.1 Å². The first-order chi connectivity index (χ1) is 18.3. The van der Waals surface area contributed by atoms with E-state index in [1.165, 1.54) is 33.4 Å². The van der Waals surface area contributed by atoms with Gasteiger partial charge in [0.05, 0.1) is 6.04 Å². The van der Waals surface area contributed by atoms with Crippen molar-refractivity contribution < 1.29 is 4.79 Å². The maximum absolute atomic E-state index is 13.6. The smallest absolute Gasteiger partial charge is 0.223 e. The van der Waals surface area contributed by atoms with Gasteiger partial charge in [-0.2, -0.15) is 0 Å². The van der Waals surface area contributed by atoms with Gasteiger partial charge in [0.1, 0.15) is 0 Å². The molecule has 0 bridgehead atoms. The number of aryl methyl sites for hydroxylation is 2. The average molecular weight is 523 g/mol. The van der Waals surface area contributed by atoms with Crippen LogP contribution < -0.4 is 0 Å². The minimum atomic E-state index is 0. The zero-order valence-electron chi connectivity index (χ0n) is 21.7. The van der Waals surface area contributed by atoms with Crippen LogP contribution >= 0.6 is 12.4 Å². The molecule has 4 aromatic carbocycles. The first kappa shape index (κ1) is 26.2. The Morgan fingerprint density at radius 1 is 0.632 bits per heavy atom. The largest absolute Gasteiger partial charge is 0.340 e. The van der Waals surface area contributed by atoms with Crippen molar-refractivity contribution in [3.8, 4) is 0 Å². The fourth-order valence-corrected chi connectivity index (χ4v) is 6.22. The van der Waals surface area contributed by atoms with Crippen LogP contribution in [0.3, 0.4) is 0 Å². The molecule has 0 unspecified atom stereocenters. The van der Waals surface area contributed by atoms with Crippen molar-refractivity contribution in [2.24, 2.45) is 0 Å². The monoisotopic (exact) mass is 522 g/mol. The highest BCUT2D eigenvalue weighted by molar-refractivity contribution is 5.85. The fourth-order valence-electron chi connectivity index (χ4n) is 6.22. The Bertz CT molecular complexity index is 1260. The van der Waals surface area contributed by atoms with E-state index in [-0.39, 0.29) is 30.3 Å². The third-order valence-corrected chi connectivity index (χ3v) is 8.18. The highest BCUT2D eigenvalue weighted by Gasteiger charge is 2.32. The highest BCUT2D eigenvalue weighted by Crippen LogP contribution is 2.37. The lowest BCUT2D eigenvalue weighted by atomic mass is 9.88. The Kier molecular flexibility index (Phi) is 8.26. The van der Waals surface area contributed by atoms with Crippen molar-refractivity contribution in [3.63, 3.8) is 0 Å². The van der Waals surface area contributed by atoms with Crippen molar-refractivity contribution in [3.05, 3.63) is 143 Å². The summed E-state index contributed by atoms with van der Waals surface area (Å²) in [5.74, 6) is 0.326. The number of piperazine rings is 1. The third kappa shape index (κ3) is 5.41. The molecule has 0 N–H and O–H groups in total. The van der Waals surface area contributed by atoms with Crippen LogP contribution in [-0.2, 0) is 17.6 Å². The second-order valence-corrected chi connectivity index (χ2v) is 10.3. The SMILES string of the molecule is Cl.O=C(CC(c1ccccc1)c1ccccc1)N1CCN(C2c3ccccc3CCc3ccccc32)CC1. The number of halogens is 1. The zero-order chi connectivity index (χ0) is 25.0. The Morgan fingerprint density at radius 2 is 1.08 bits per heavy atom. The van der Waals surface area contributed by atoms with Gasteiger partial charge in [-0.3, -0.25) is 9.69 Å². The number of nitrogens with zero attached hydrogens (tertiary/aromatic N) is 2. The summed E-state index contributed by atoms with van der Waals surface area (Å²) in [5, 5.41) is 0. The van der Waals surface area contributed by atoms with Gasteiger partial charge in [-0.25, -0.2) is 0 Å². The van der Waals surface area contributed by atoms with Crippen LogP contribution in [0.1, 0.15) is 51.8 Å². The summed E-state index contributed by atoms with van der Waals surface area (Å²) >= 11 is 0. The van der Waals surface area contributed by atoms with Gasteiger partial charge in [0.25, 0.3) is 0 Å². The number of carbonyl (C=O) groups excluding carboxylic acids is 1. The van der Waals surface area contributed by atoms with Crippen molar-refractivity contribution in [1.82, 2.24) is 9.80 Å². The van der Waals surface area contributed by atoms with Crippen LogP contribution in [0, 0.1) is 0 Å². The van der Waals surface area contributed by atoms with E-state index in [0.717, 1.165) is 39.0 Å². The summed E-state index contributed by atoms with van der Waals surface area (Å²) in [6.45, 7) is 3.33. The van der Waals surface area contributed by atoms with E-state index in [1.54, 1.807) is 0 Å². The number of hydrogen-bond donors (Lipinski definition) is 0. The van der Waals surface area contributed by atoms with E-state index in [4.69, 9.17) is 0 Å². The molecule has 2 aliphatic rings. The Hall–Kier alpha value is -3.40. The van der Waals surface area contributed by atoms with Crippen LogP contribution in [0.2, 0.25) is 0 Å². The summed E-state index contributed by atoms with van der Waals surface area (Å²) in [4.78, 5) is 18.3. The molecule has 6 rings (SSSR count). The molecule has 0 aromatic heterocycles. The normalized spacial score (nSPS) is 15.8. The van der Waals surface area contributed by atoms with E-state index in [9.17, 15) is 4.79 Å². The first-order valence-electron chi connectivity index (χ1n) is 13.6. The molecular weight excluding hydrogens is 488 g/mol. The second kappa shape index (κ2) is 12.0. The lowest BCUT2D eigenvalue weighted by Gasteiger charge is -2.40. The van der Waals surface area contributed by atoms with Crippen molar-refractivity contribution in [2.45, 2.75) is 31.2 Å². The molecule has 1 aliphatic heterocycles. The van der Waals surface area contributed by atoms with Crippen molar-refractivity contribution in [1.29, 1.82) is 0 Å². The minimum absolute atomic E-state index is 0. The molecule has 38 heavy (non-hydrogen) atoms. The maximum atomic E-state index is 13.6. The van der Waals surface area contributed by atoms with Gasteiger partial charge in [-0.1, -0.05) is 109 Å². The quantitative estimate of drug-likeness (QED) is 0.292. The number of hydrogen-bond acceptors (Lipinski definition) is 2. The van der Waals surface area contributed by atoms with Crippen LogP contribution in [0.4, 0.5) is 0 Å². The summed E-state index contributed by atoms with van der Waals surface area (Å²) < 4.78 is 0. The molecule has 1 aliphatic carbocycles. The Balaban J connectivity index is 0.00000294. The number of amides is 1. The minimum Gasteiger partial charge on any atom is -0.340 e. The molecule has 0 spiro atoms. The number of carbonyl (C=O) groups is 1. The van der Waals surface area contributed by atoms with Crippen LogP contribution in [0.5, 0.6) is 0 Å².